The quantitative estimate of drug-likeness (QED) is 0.740. The molecule has 1 aromatic carbocycles. The van der Waals surface area contributed by atoms with E-state index in [1.54, 1.807) is 13.1 Å². The molecule has 90 valence electrons. The molecule has 0 saturated carbocycles. The van der Waals surface area contributed by atoms with E-state index in [0.717, 1.165) is 5.56 Å². The van der Waals surface area contributed by atoms with Gasteiger partial charge in [-0.2, -0.15) is 13.2 Å². The van der Waals surface area contributed by atoms with Gasteiger partial charge in [-0.3, -0.25) is 0 Å². The molecule has 0 radical (unpaired) electrons. The van der Waals surface area contributed by atoms with Gasteiger partial charge in [-0.05, 0) is 24.7 Å². The van der Waals surface area contributed by atoms with E-state index in [4.69, 9.17) is 4.43 Å². The lowest BCUT2D eigenvalue weighted by Gasteiger charge is -2.23. The van der Waals surface area contributed by atoms with Crippen molar-refractivity contribution in [3.63, 3.8) is 0 Å². The van der Waals surface area contributed by atoms with Crippen LogP contribution < -0.4 is 0 Å². The van der Waals surface area contributed by atoms with Crippen LogP contribution in [-0.4, -0.2) is 21.1 Å². The van der Waals surface area contributed by atoms with E-state index in [1.807, 2.05) is 30.3 Å². The van der Waals surface area contributed by atoms with Crippen molar-refractivity contribution < 1.29 is 17.6 Å². The summed E-state index contributed by atoms with van der Waals surface area (Å²) in [6, 6.07) is 10.1. The molecule has 0 spiro atoms. The second-order valence-electron chi connectivity index (χ2n) is 4.33. The smallest absolute Gasteiger partial charge is 0.408 e. The zero-order chi connectivity index (χ0) is 12.2. The van der Waals surface area contributed by atoms with Gasteiger partial charge in [-0.25, -0.2) is 0 Å². The first-order valence-corrected chi connectivity index (χ1v) is 8.15. The molecule has 0 bridgehead atoms. The zero-order valence-electron chi connectivity index (χ0n) is 9.34. The third-order valence-corrected chi connectivity index (χ3v) is 4.28. The van der Waals surface area contributed by atoms with Crippen LogP contribution in [0, 0.1) is 0 Å². The first kappa shape index (κ1) is 13.3. The highest BCUT2D eigenvalue weighted by Crippen LogP contribution is 2.20. The molecule has 0 amide bonds. The predicted molar refractivity (Wildman–Crippen MR) is 59.6 cm³/mol. The molecule has 0 N–H and O–H groups in total. The van der Waals surface area contributed by atoms with E-state index in [-0.39, 0.29) is 0 Å². The fourth-order valence-corrected chi connectivity index (χ4v) is 3.29. The lowest BCUT2D eigenvalue weighted by Crippen LogP contribution is -2.37. The second kappa shape index (κ2) is 5.01. The van der Waals surface area contributed by atoms with Gasteiger partial charge >= 0.3 is 6.18 Å². The molecule has 1 nitrogen and oxygen atoms in total. The maximum atomic E-state index is 12.0. The third-order valence-electron chi connectivity index (χ3n) is 2.10. The molecular weight excluding hydrogens is 233 g/mol. The summed E-state index contributed by atoms with van der Waals surface area (Å²) in [5.41, 5.74) is 1.03. The molecule has 0 heterocycles. The number of alkyl halides is 3. The number of hydrogen-bond acceptors (Lipinski definition) is 1. The Morgan fingerprint density at radius 2 is 1.69 bits per heavy atom. The minimum absolute atomic E-state index is 0.601. The van der Waals surface area contributed by atoms with E-state index < -0.39 is 21.1 Å². The van der Waals surface area contributed by atoms with E-state index >= 15 is 0 Å². The fourth-order valence-electron chi connectivity index (χ4n) is 1.42. The molecule has 0 aliphatic heterocycles. The Balaban J connectivity index is 2.52. The fraction of sp³-hybridized carbons (Fsp3) is 0.455. The van der Waals surface area contributed by atoms with Crippen molar-refractivity contribution >= 4 is 8.32 Å². The van der Waals surface area contributed by atoms with E-state index in [2.05, 4.69) is 0 Å². The monoisotopic (exact) mass is 248 g/mol. The Morgan fingerprint density at radius 3 is 2.19 bits per heavy atom. The van der Waals surface area contributed by atoms with Crippen molar-refractivity contribution in [2.24, 2.45) is 0 Å². The SMILES string of the molecule is C[Si](C)(Cc1ccccc1)OCC(F)(F)F. The van der Waals surface area contributed by atoms with Crippen molar-refractivity contribution in [2.75, 3.05) is 6.61 Å². The van der Waals surface area contributed by atoms with Gasteiger partial charge in [-0.1, -0.05) is 30.3 Å². The van der Waals surface area contributed by atoms with E-state index in [0.29, 0.717) is 6.04 Å². The Labute approximate surface area is 94.4 Å². The lowest BCUT2D eigenvalue weighted by molar-refractivity contribution is -0.155. The number of hydrogen-bond donors (Lipinski definition) is 0. The summed E-state index contributed by atoms with van der Waals surface area (Å²) in [5.74, 6) is 0. The topological polar surface area (TPSA) is 9.23 Å². The van der Waals surface area contributed by atoms with Crippen molar-refractivity contribution in [1.82, 2.24) is 0 Å². The predicted octanol–water partition coefficient (Wildman–Crippen LogP) is 3.55. The average Bonchev–Trinajstić information content (AvgIpc) is 2.15. The molecule has 16 heavy (non-hydrogen) atoms. The molecule has 0 fully saturated rings. The van der Waals surface area contributed by atoms with Gasteiger partial charge in [0.2, 0.25) is 0 Å². The first-order chi connectivity index (χ1) is 7.29. The van der Waals surface area contributed by atoms with Gasteiger partial charge in [-0.15, -0.1) is 0 Å². The van der Waals surface area contributed by atoms with Gasteiger partial charge in [0.1, 0.15) is 6.61 Å². The van der Waals surface area contributed by atoms with Gasteiger partial charge in [0.05, 0.1) is 0 Å². The molecule has 0 aliphatic carbocycles. The number of rotatable bonds is 4. The van der Waals surface area contributed by atoms with Gasteiger partial charge < -0.3 is 4.43 Å². The minimum atomic E-state index is -4.24. The maximum Gasteiger partial charge on any atom is 0.410 e. The van der Waals surface area contributed by atoms with Crippen LogP contribution in [0.25, 0.3) is 0 Å². The van der Waals surface area contributed by atoms with E-state index in [1.165, 1.54) is 0 Å². The summed E-state index contributed by atoms with van der Waals surface area (Å²) >= 11 is 0. The Morgan fingerprint density at radius 1 is 1.12 bits per heavy atom. The molecule has 5 heteroatoms. The van der Waals surface area contributed by atoms with Crippen LogP contribution >= 0.6 is 0 Å². The summed E-state index contributed by atoms with van der Waals surface area (Å²) in [6.07, 6.45) is -4.24. The summed E-state index contributed by atoms with van der Waals surface area (Å²) < 4.78 is 41.1. The highest BCUT2D eigenvalue weighted by molar-refractivity contribution is 6.70. The molecule has 1 aromatic rings. The van der Waals surface area contributed by atoms with Gasteiger partial charge in [0, 0.05) is 0 Å². The van der Waals surface area contributed by atoms with Crippen molar-refractivity contribution in [3.8, 4) is 0 Å². The average molecular weight is 248 g/mol. The normalized spacial score (nSPS) is 12.8. The van der Waals surface area contributed by atoms with Crippen molar-refractivity contribution in [1.29, 1.82) is 0 Å². The standard InChI is InChI=1S/C11H15F3OSi/c1-16(2,15-9-11(12,13)14)8-10-6-4-3-5-7-10/h3-7H,8-9H2,1-2H3. The van der Waals surface area contributed by atoms with Gasteiger partial charge in [0.15, 0.2) is 8.32 Å². The third kappa shape index (κ3) is 5.32. The molecule has 0 aliphatic rings. The molecule has 0 aromatic heterocycles. The van der Waals surface area contributed by atoms with Crippen LogP contribution in [0.2, 0.25) is 13.1 Å². The number of halogens is 3. The maximum absolute atomic E-state index is 12.0. The van der Waals surface area contributed by atoms with Crippen LogP contribution in [0.5, 0.6) is 0 Å². The molecule has 0 unspecified atom stereocenters. The molecule has 1 rings (SSSR count). The summed E-state index contributed by atoms with van der Waals surface area (Å²) in [4.78, 5) is 0. The molecule has 0 saturated heterocycles. The zero-order valence-corrected chi connectivity index (χ0v) is 10.3. The summed E-state index contributed by atoms with van der Waals surface area (Å²) in [5, 5.41) is 0. The lowest BCUT2D eigenvalue weighted by atomic mass is 10.2. The van der Waals surface area contributed by atoms with Crippen LogP contribution in [0.4, 0.5) is 13.2 Å². The minimum Gasteiger partial charge on any atom is -0.408 e. The van der Waals surface area contributed by atoms with Gasteiger partial charge in [0.25, 0.3) is 0 Å². The van der Waals surface area contributed by atoms with Crippen molar-refractivity contribution in [2.45, 2.75) is 25.3 Å². The largest absolute Gasteiger partial charge is 0.410 e. The van der Waals surface area contributed by atoms with Crippen LogP contribution in [0.1, 0.15) is 5.56 Å². The van der Waals surface area contributed by atoms with E-state index in [9.17, 15) is 13.2 Å². The molecular formula is C11H15F3OSi. The molecule has 0 atom stereocenters. The van der Waals surface area contributed by atoms with Crippen LogP contribution in [-0.2, 0) is 10.5 Å². The Kier molecular flexibility index (Phi) is 4.15. The summed E-state index contributed by atoms with van der Waals surface area (Å²) in [7, 11) is -2.27. The summed E-state index contributed by atoms with van der Waals surface area (Å²) in [6.45, 7) is 2.45. The van der Waals surface area contributed by atoms with Crippen LogP contribution in [0.3, 0.4) is 0 Å². The highest BCUT2D eigenvalue weighted by atomic mass is 28.4. The second-order valence-corrected chi connectivity index (χ2v) is 8.49. The first-order valence-electron chi connectivity index (χ1n) is 5.03. The Hall–Kier alpha value is -0.813. The Bertz CT molecular complexity index is 322. The highest BCUT2D eigenvalue weighted by Gasteiger charge is 2.33. The number of benzene rings is 1. The van der Waals surface area contributed by atoms with Crippen LogP contribution in [0.15, 0.2) is 30.3 Å². The van der Waals surface area contributed by atoms with Crippen molar-refractivity contribution in [3.05, 3.63) is 35.9 Å².